The minimum atomic E-state index is -1.34. The van der Waals surface area contributed by atoms with Crippen LogP contribution in [0.2, 0.25) is 0 Å². The predicted octanol–water partition coefficient (Wildman–Crippen LogP) is 0.872. The zero-order valence-corrected chi connectivity index (χ0v) is 11.8. The maximum atomic E-state index is 11.6. The first-order valence-corrected chi connectivity index (χ1v) is 6.03. The number of amides is 1. The van der Waals surface area contributed by atoms with Crippen LogP contribution in [-0.4, -0.2) is 40.5 Å². The van der Waals surface area contributed by atoms with Crippen LogP contribution in [0.5, 0.6) is 0 Å². The number of carboxylic acid groups (broad SMARTS) is 1. The summed E-state index contributed by atoms with van der Waals surface area (Å²) in [6, 6.07) is 0.921. The van der Waals surface area contributed by atoms with E-state index < -0.39 is 22.0 Å². The van der Waals surface area contributed by atoms with Crippen LogP contribution in [0.1, 0.15) is 24.2 Å². The highest BCUT2D eigenvalue weighted by atomic mass is 16.6. The van der Waals surface area contributed by atoms with Gasteiger partial charge in [-0.1, -0.05) is 0 Å². The summed E-state index contributed by atoms with van der Waals surface area (Å²) in [7, 11) is 1.50. The van der Waals surface area contributed by atoms with E-state index in [9.17, 15) is 19.7 Å². The lowest BCUT2D eigenvalue weighted by molar-refractivity contribution is -0.385. The monoisotopic (exact) mass is 296 g/mol. The highest BCUT2D eigenvalue weighted by Gasteiger charge is 2.27. The molecule has 0 spiro atoms. The Bertz CT molecular complexity index is 585. The maximum Gasteiger partial charge on any atom is 0.339 e. The highest BCUT2D eigenvalue weighted by molar-refractivity contribution is 5.94. The van der Waals surface area contributed by atoms with E-state index in [0.717, 1.165) is 12.3 Å². The minimum Gasteiger partial charge on any atom is -0.478 e. The maximum absolute atomic E-state index is 11.6. The number of nitrogens with zero attached hydrogens (tertiary/aromatic N) is 2. The van der Waals surface area contributed by atoms with E-state index in [2.05, 4.69) is 15.6 Å². The van der Waals surface area contributed by atoms with Crippen LogP contribution in [0.3, 0.4) is 0 Å². The van der Waals surface area contributed by atoms with Crippen molar-refractivity contribution in [1.29, 1.82) is 0 Å². The second-order valence-corrected chi connectivity index (χ2v) is 4.97. The topological polar surface area (TPSA) is 134 Å². The van der Waals surface area contributed by atoms with E-state index in [1.807, 2.05) is 0 Å². The number of aromatic carboxylic acids is 1. The van der Waals surface area contributed by atoms with Crippen LogP contribution < -0.4 is 10.6 Å². The molecule has 0 aliphatic carbocycles. The smallest absolute Gasteiger partial charge is 0.339 e. The van der Waals surface area contributed by atoms with Gasteiger partial charge in [-0.25, -0.2) is 9.78 Å². The molecule has 1 amide bonds. The SMILES string of the molecule is CNC(=O)C(C)(C)CNc1ncc([N+](=O)[O-])cc1C(=O)O. The predicted molar refractivity (Wildman–Crippen MR) is 74.2 cm³/mol. The molecule has 9 nitrogen and oxygen atoms in total. The van der Waals surface area contributed by atoms with Crippen LogP contribution in [0, 0.1) is 15.5 Å². The van der Waals surface area contributed by atoms with Gasteiger partial charge in [0.1, 0.15) is 17.6 Å². The van der Waals surface area contributed by atoms with E-state index in [0.29, 0.717) is 0 Å². The minimum absolute atomic E-state index is 0.0231. The largest absolute Gasteiger partial charge is 0.478 e. The average molecular weight is 296 g/mol. The van der Waals surface area contributed by atoms with Gasteiger partial charge < -0.3 is 15.7 Å². The van der Waals surface area contributed by atoms with Gasteiger partial charge in [-0.15, -0.1) is 0 Å². The van der Waals surface area contributed by atoms with Gasteiger partial charge >= 0.3 is 5.97 Å². The average Bonchev–Trinajstić information content (AvgIpc) is 2.43. The standard InChI is InChI=1S/C12H16N4O5/c1-12(2,11(19)13-3)6-15-9-8(10(17)18)4-7(5-14-9)16(20)21/h4-5H,6H2,1-3H3,(H,13,19)(H,14,15)(H,17,18). The van der Waals surface area contributed by atoms with Gasteiger partial charge in [-0.05, 0) is 13.8 Å². The molecular formula is C12H16N4O5. The molecule has 21 heavy (non-hydrogen) atoms. The zero-order chi connectivity index (χ0) is 16.2. The molecule has 1 aromatic rings. The Kier molecular flexibility index (Phi) is 4.79. The summed E-state index contributed by atoms with van der Waals surface area (Å²) in [6.45, 7) is 3.47. The summed E-state index contributed by atoms with van der Waals surface area (Å²) < 4.78 is 0. The van der Waals surface area contributed by atoms with E-state index in [1.54, 1.807) is 13.8 Å². The third-order valence-corrected chi connectivity index (χ3v) is 2.85. The number of hydrogen-bond donors (Lipinski definition) is 3. The van der Waals surface area contributed by atoms with Crippen molar-refractivity contribution >= 4 is 23.4 Å². The van der Waals surface area contributed by atoms with Crippen LogP contribution >= 0.6 is 0 Å². The number of hydrogen-bond acceptors (Lipinski definition) is 6. The number of nitrogens with one attached hydrogen (secondary N) is 2. The van der Waals surface area contributed by atoms with Gasteiger partial charge in [0.05, 0.1) is 10.3 Å². The molecule has 0 aliphatic rings. The number of carbonyl (C=O) groups excluding carboxylic acids is 1. The molecule has 0 unspecified atom stereocenters. The molecule has 114 valence electrons. The van der Waals surface area contributed by atoms with Gasteiger partial charge in [-0.2, -0.15) is 0 Å². The van der Waals surface area contributed by atoms with Crippen molar-refractivity contribution in [3.63, 3.8) is 0 Å². The Hall–Kier alpha value is -2.71. The molecule has 0 saturated carbocycles. The molecule has 0 aliphatic heterocycles. The molecule has 0 atom stereocenters. The summed E-state index contributed by atoms with van der Waals surface area (Å²) in [4.78, 5) is 36.4. The summed E-state index contributed by atoms with van der Waals surface area (Å²) in [5.74, 6) is -1.59. The van der Waals surface area contributed by atoms with E-state index in [4.69, 9.17) is 5.11 Å². The van der Waals surface area contributed by atoms with Crippen LogP contribution in [0.15, 0.2) is 12.3 Å². The van der Waals surface area contributed by atoms with Crippen molar-refractivity contribution in [1.82, 2.24) is 10.3 Å². The van der Waals surface area contributed by atoms with Gasteiger partial charge in [0.15, 0.2) is 0 Å². The van der Waals surface area contributed by atoms with E-state index in [1.165, 1.54) is 7.05 Å². The summed E-state index contributed by atoms with van der Waals surface area (Å²) in [5, 5.41) is 24.9. The number of anilines is 1. The molecule has 3 N–H and O–H groups in total. The quantitative estimate of drug-likeness (QED) is 0.523. The first kappa shape index (κ1) is 16.3. The molecule has 0 saturated heterocycles. The Labute approximate surface area is 120 Å². The number of carboxylic acids is 1. The summed E-state index contributed by atoms with van der Waals surface area (Å²) in [6.07, 6.45) is 0.960. The molecule has 1 heterocycles. The fraction of sp³-hybridized carbons (Fsp3) is 0.417. The van der Waals surface area contributed by atoms with Crippen molar-refractivity contribution in [2.45, 2.75) is 13.8 Å². The normalized spacial score (nSPS) is 10.8. The molecule has 9 heteroatoms. The lowest BCUT2D eigenvalue weighted by atomic mass is 9.92. The van der Waals surface area contributed by atoms with Crippen molar-refractivity contribution in [3.05, 3.63) is 27.9 Å². The number of rotatable bonds is 6. The number of pyridine rings is 1. The van der Waals surface area contributed by atoms with Gasteiger partial charge in [0.25, 0.3) is 5.69 Å². The van der Waals surface area contributed by atoms with Crippen LogP contribution in [-0.2, 0) is 4.79 Å². The van der Waals surface area contributed by atoms with Crippen molar-refractivity contribution < 1.29 is 19.6 Å². The lowest BCUT2D eigenvalue weighted by Gasteiger charge is -2.23. The number of nitro groups is 1. The van der Waals surface area contributed by atoms with Gasteiger partial charge in [0.2, 0.25) is 5.91 Å². The Morgan fingerprint density at radius 2 is 2.10 bits per heavy atom. The molecule has 0 bridgehead atoms. The zero-order valence-electron chi connectivity index (χ0n) is 11.8. The Morgan fingerprint density at radius 1 is 1.48 bits per heavy atom. The third-order valence-electron chi connectivity index (χ3n) is 2.85. The van der Waals surface area contributed by atoms with Gasteiger partial charge in [-0.3, -0.25) is 14.9 Å². The van der Waals surface area contributed by atoms with E-state index in [-0.39, 0.29) is 23.8 Å². The number of aromatic nitrogens is 1. The first-order chi connectivity index (χ1) is 9.69. The Balaban J connectivity index is 3.01. The van der Waals surface area contributed by atoms with Crippen molar-refractivity contribution in [2.24, 2.45) is 5.41 Å². The second kappa shape index (κ2) is 6.16. The number of carbonyl (C=O) groups is 2. The summed E-state index contributed by atoms with van der Waals surface area (Å²) in [5.41, 5.74) is -1.53. The molecule has 0 fully saturated rings. The highest BCUT2D eigenvalue weighted by Crippen LogP contribution is 2.21. The van der Waals surface area contributed by atoms with E-state index >= 15 is 0 Å². The fourth-order valence-corrected chi connectivity index (χ4v) is 1.58. The molecule has 1 rings (SSSR count). The van der Waals surface area contributed by atoms with Crippen LogP contribution in [0.4, 0.5) is 11.5 Å². The molecule has 0 aromatic carbocycles. The second-order valence-electron chi connectivity index (χ2n) is 4.97. The first-order valence-electron chi connectivity index (χ1n) is 6.03. The summed E-state index contributed by atoms with van der Waals surface area (Å²) >= 11 is 0. The van der Waals surface area contributed by atoms with Gasteiger partial charge in [0, 0.05) is 19.7 Å². The van der Waals surface area contributed by atoms with Crippen LogP contribution in [0.25, 0.3) is 0 Å². The van der Waals surface area contributed by atoms with Crippen molar-refractivity contribution in [2.75, 3.05) is 18.9 Å². The lowest BCUT2D eigenvalue weighted by Crippen LogP contribution is -2.39. The molecule has 1 aromatic heterocycles. The van der Waals surface area contributed by atoms with Crippen molar-refractivity contribution in [3.8, 4) is 0 Å². The molecule has 0 radical (unpaired) electrons. The third kappa shape index (κ3) is 3.88. The Morgan fingerprint density at radius 3 is 2.57 bits per heavy atom. The fourth-order valence-electron chi connectivity index (χ4n) is 1.58. The molecular weight excluding hydrogens is 280 g/mol.